The number of thiophene rings is 3. The van der Waals surface area contributed by atoms with Gasteiger partial charge in [-0.1, -0.05) is 208 Å². The topological polar surface area (TPSA) is 9.72 Å². The van der Waals surface area contributed by atoms with Crippen molar-refractivity contribution in [2.24, 2.45) is 0 Å². The number of para-hydroxylation sites is 3. The van der Waals surface area contributed by atoms with Crippen LogP contribution in [-0.4, -0.2) is 45.4 Å². The molecule has 0 atom stereocenters. The van der Waals surface area contributed by atoms with Crippen molar-refractivity contribution in [3.8, 4) is 0 Å². The number of halogens is 1. The molecular weight excluding hydrogens is 1120 g/mol. The molecule has 0 radical (unpaired) electrons. The van der Waals surface area contributed by atoms with Gasteiger partial charge in [-0.3, -0.25) is 0 Å². The van der Waals surface area contributed by atoms with Crippen LogP contribution in [0.1, 0.15) is 62.8 Å². The van der Waals surface area contributed by atoms with Gasteiger partial charge in [-0.15, -0.1) is 34.0 Å². The van der Waals surface area contributed by atoms with Crippen LogP contribution < -0.4 is 30.3 Å². The summed E-state index contributed by atoms with van der Waals surface area (Å²) in [5.41, 5.74) is 12.2. The molecule has 0 aliphatic heterocycles. The van der Waals surface area contributed by atoms with Gasteiger partial charge in [0, 0.05) is 78.9 Å². The number of anilines is 6. The summed E-state index contributed by atoms with van der Waals surface area (Å²) >= 11 is 5.93. The van der Waals surface area contributed by atoms with Gasteiger partial charge >= 0.3 is 0 Å². The van der Waals surface area contributed by atoms with Crippen LogP contribution in [-0.2, 0) is 17.5 Å². The number of nitrogens with zero attached hydrogens (tertiary/aromatic N) is 3. The van der Waals surface area contributed by atoms with E-state index in [9.17, 15) is 0 Å². The molecule has 0 saturated heterocycles. The Morgan fingerprint density at radius 1 is 0.398 bits per heavy atom. The third-order valence-electron chi connectivity index (χ3n) is 17.7. The summed E-state index contributed by atoms with van der Waals surface area (Å²) in [6.45, 7) is 29.4. The second-order valence-electron chi connectivity index (χ2n) is 26.9. The van der Waals surface area contributed by atoms with Gasteiger partial charge in [0.05, 0.1) is 61.1 Å². The molecule has 12 aromatic rings. The molecule has 0 spiro atoms. The van der Waals surface area contributed by atoms with Crippen molar-refractivity contribution in [2.45, 2.75) is 104 Å². The lowest BCUT2D eigenvalue weighted by Gasteiger charge is -2.30. The predicted molar refractivity (Wildman–Crippen MR) is 379 cm³/mol. The molecule has 12 rings (SSSR count). The van der Waals surface area contributed by atoms with Gasteiger partial charge in [-0.05, 0) is 104 Å². The molecular formula is C73H78FN3S3Si3. The molecule has 3 heterocycles. The van der Waals surface area contributed by atoms with Gasteiger partial charge in [0.1, 0.15) is 5.82 Å². The molecule has 83 heavy (non-hydrogen) atoms. The van der Waals surface area contributed by atoms with Crippen LogP contribution >= 0.6 is 34.0 Å². The number of fused-ring (bicyclic) bond motifs is 9. The Hall–Kier alpha value is -6.38. The van der Waals surface area contributed by atoms with E-state index in [1.807, 2.05) is 53.2 Å². The monoisotopic (exact) mass is 1200 g/mol. The van der Waals surface area contributed by atoms with Gasteiger partial charge in [0.25, 0.3) is 0 Å². The molecule has 3 aromatic heterocycles. The molecule has 9 aromatic carbocycles. The van der Waals surface area contributed by atoms with E-state index in [1.165, 1.54) is 121 Å². The van der Waals surface area contributed by atoms with E-state index in [4.69, 9.17) is 0 Å². The Labute approximate surface area is 506 Å². The quantitative estimate of drug-likeness (QED) is 0.101. The summed E-state index contributed by atoms with van der Waals surface area (Å²) < 4.78 is 23.8. The van der Waals surface area contributed by atoms with E-state index < -0.39 is 24.2 Å². The Bertz CT molecular complexity index is 4490. The Kier molecular flexibility index (Phi) is 14.6. The van der Waals surface area contributed by atoms with Gasteiger partial charge in [0.15, 0.2) is 0 Å². The summed E-state index contributed by atoms with van der Waals surface area (Å²) in [6, 6.07) is 65.0. The molecule has 0 aliphatic rings. The van der Waals surface area contributed by atoms with Crippen molar-refractivity contribution < 1.29 is 4.39 Å². The number of hydrogen-bond donors (Lipinski definition) is 0. The van der Waals surface area contributed by atoms with Crippen LogP contribution in [0.5, 0.6) is 0 Å². The van der Waals surface area contributed by atoms with Crippen molar-refractivity contribution >= 4 is 168 Å². The van der Waals surface area contributed by atoms with E-state index >= 15 is 4.39 Å². The normalized spacial score (nSPS) is 12.8. The fourth-order valence-corrected chi connectivity index (χ4v) is 27.2. The third-order valence-corrected chi connectivity index (χ3v) is 30.4. The van der Waals surface area contributed by atoms with Crippen molar-refractivity contribution in [1.82, 2.24) is 0 Å². The first-order chi connectivity index (χ1) is 39.4. The van der Waals surface area contributed by atoms with Crippen LogP contribution in [0, 0.1) is 5.82 Å². The first-order valence-electron chi connectivity index (χ1n) is 29.5. The zero-order valence-corrected chi connectivity index (χ0v) is 56.6. The average Bonchev–Trinajstić information content (AvgIpc) is 4.39. The van der Waals surface area contributed by atoms with Gasteiger partial charge in [-0.25, -0.2) is 4.39 Å². The predicted octanol–water partition coefficient (Wildman–Crippen LogP) is 20.6. The molecule has 0 bridgehead atoms. The third kappa shape index (κ3) is 9.98. The highest BCUT2D eigenvalue weighted by Crippen LogP contribution is 2.49. The Morgan fingerprint density at radius 2 is 0.795 bits per heavy atom. The van der Waals surface area contributed by atoms with Gasteiger partial charge < -0.3 is 14.7 Å². The summed E-state index contributed by atoms with van der Waals surface area (Å²) in [5.74, 6) is 0.209. The van der Waals surface area contributed by atoms with Crippen LogP contribution in [0.25, 0.3) is 60.5 Å². The zero-order chi connectivity index (χ0) is 58.7. The minimum Gasteiger partial charge on any atom is -0.343 e. The summed E-state index contributed by atoms with van der Waals surface area (Å²) in [7, 11) is 0.309. The SMILES string of the molecule is CC(C)c1ccccc1N(C)c1cccc2c1sc1c([Si](C)(C)Cc3ccc(N(C)c4ccccc4C(C)(C)C)c4sc5c([Si](C)(C)Cc6ccc(N(C)c7ccccc7F)c7sc8c([Si](C)(C)C)cccc8c67)cccc5c34)cccc12. The van der Waals surface area contributed by atoms with E-state index in [2.05, 4.69) is 255 Å². The van der Waals surface area contributed by atoms with Crippen molar-refractivity contribution in [1.29, 1.82) is 0 Å². The van der Waals surface area contributed by atoms with E-state index in [1.54, 1.807) is 12.1 Å². The molecule has 0 fully saturated rings. The molecule has 10 heteroatoms. The largest absolute Gasteiger partial charge is 0.343 e. The first-order valence-corrected chi connectivity index (χ1v) is 41.8. The maximum absolute atomic E-state index is 15.6. The van der Waals surface area contributed by atoms with Crippen LogP contribution in [0.15, 0.2) is 170 Å². The summed E-state index contributed by atoms with van der Waals surface area (Å²) in [4.78, 5) is 6.96. The highest BCUT2D eigenvalue weighted by molar-refractivity contribution is 7.29. The molecule has 0 N–H and O–H groups in total. The van der Waals surface area contributed by atoms with Crippen molar-refractivity contribution in [3.63, 3.8) is 0 Å². The molecule has 3 nitrogen and oxygen atoms in total. The Balaban J connectivity index is 1.01. The lowest BCUT2D eigenvalue weighted by molar-refractivity contribution is 0.590. The zero-order valence-electron chi connectivity index (χ0n) is 51.1. The molecule has 0 aliphatic carbocycles. The van der Waals surface area contributed by atoms with Crippen molar-refractivity contribution in [3.05, 3.63) is 198 Å². The number of rotatable bonds is 14. The van der Waals surface area contributed by atoms with E-state index in [-0.39, 0.29) is 11.2 Å². The minimum absolute atomic E-state index is 0.0361. The van der Waals surface area contributed by atoms with E-state index in [0.29, 0.717) is 11.6 Å². The standard InChI is InChI=1S/C73H78FN3S3Si3/c1-46(2)49-26-16-19-33-56(49)75(6)59-36-22-27-50-51-28-23-38-63(68(51)78-67(50)59)82(12,13)44-48-40-42-60(76(7)57-34-20-17-31-54(57)73(3,4)5)71-66(48)53-30-25-39-64(70(53)80-71)83(14,15)45-47-41-43-61(77(8)58-35-21-18-32-55(58)74)72-65(47)52-29-24-37-62(69(52)79-72)81(9,10)11/h16-43,46H,44-45H2,1-15H3. The maximum atomic E-state index is 15.6. The second-order valence-corrected chi connectivity index (χ2v) is 44.3. The number of hydrogen-bond acceptors (Lipinski definition) is 6. The highest BCUT2D eigenvalue weighted by atomic mass is 32.1. The lowest BCUT2D eigenvalue weighted by atomic mass is 9.85. The fraction of sp³-hybridized carbons (Fsp3) is 0.260. The molecule has 0 saturated carbocycles. The van der Waals surface area contributed by atoms with Crippen molar-refractivity contribution in [2.75, 3.05) is 35.8 Å². The smallest absolute Gasteiger partial charge is 0.146 e. The lowest BCUT2D eigenvalue weighted by Crippen LogP contribution is -2.44. The van der Waals surface area contributed by atoms with Gasteiger partial charge in [0.2, 0.25) is 0 Å². The Morgan fingerprint density at radius 3 is 1.34 bits per heavy atom. The summed E-state index contributed by atoms with van der Waals surface area (Å²) in [5, 5.41) is 12.7. The van der Waals surface area contributed by atoms with Crippen LogP contribution in [0.2, 0.25) is 45.8 Å². The molecule has 422 valence electrons. The van der Waals surface area contributed by atoms with Crippen LogP contribution in [0.4, 0.5) is 38.5 Å². The average molecular weight is 1200 g/mol. The summed E-state index contributed by atoms with van der Waals surface area (Å²) in [6.07, 6.45) is 0. The van der Waals surface area contributed by atoms with E-state index in [0.717, 1.165) is 17.8 Å². The maximum Gasteiger partial charge on any atom is 0.146 e. The first kappa shape index (κ1) is 57.1. The molecule has 0 amide bonds. The number of benzene rings is 9. The highest BCUT2D eigenvalue weighted by Gasteiger charge is 2.34. The van der Waals surface area contributed by atoms with Gasteiger partial charge in [-0.2, -0.15) is 0 Å². The fourth-order valence-electron chi connectivity index (χ4n) is 13.4. The minimum atomic E-state index is -2.30. The molecule has 0 unspecified atom stereocenters. The second kappa shape index (κ2) is 21.3. The van der Waals surface area contributed by atoms with Crippen LogP contribution in [0.3, 0.4) is 0 Å².